The number of ether oxygens (including phenoxy) is 1. The summed E-state index contributed by atoms with van der Waals surface area (Å²) >= 11 is 0. The van der Waals surface area contributed by atoms with Gasteiger partial charge in [-0.15, -0.1) is 0 Å². The van der Waals surface area contributed by atoms with Gasteiger partial charge in [-0.05, 0) is 37.1 Å². The molecule has 32 heavy (non-hydrogen) atoms. The van der Waals surface area contributed by atoms with Crippen LogP contribution in [0.1, 0.15) is 35.5 Å². The van der Waals surface area contributed by atoms with Crippen LogP contribution in [-0.2, 0) is 23.1 Å². The third-order valence-corrected chi connectivity index (χ3v) is 7.35. The summed E-state index contributed by atoms with van der Waals surface area (Å²) in [4.78, 5) is 7.47. The van der Waals surface area contributed by atoms with E-state index in [1.165, 1.54) is 11.2 Å². The van der Waals surface area contributed by atoms with Crippen LogP contribution in [0.25, 0.3) is 0 Å². The van der Waals surface area contributed by atoms with Crippen LogP contribution in [0.4, 0.5) is 4.39 Å². The molecule has 0 spiro atoms. The molecule has 1 heterocycles. The van der Waals surface area contributed by atoms with Crippen molar-refractivity contribution in [2.24, 2.45) is 0 Å². The molecule has 0 radical (unpaired) electrons. The third-order valence-electron chi connectivity index (χ3n) is 5.18. The minimum Gasteiger partial charge on any atom is -0.497 e. The zero-order valence-corrected chi connectivity index (χ0v) is 19.0. The summed E-state index contributed by atoms with van der Waals surface area (Å²) in [5.74, 6) is -0.155. The number of halogens is 1. The molecule has 0 aliphatic rings. The summed E-state index contributed by atoms with van der Waals surface area (Å²) in [7, 11) is -2.44. The Kier molecular flexibility index (Phi) is 7.55. The number of methoxy groups -OCH3 is 1. The van der Waals surface area contributed by atoms with E-state index in [9.17, 15) is 17.9 Å². The quantitative estimate of drug-likeness (QED) is 0.527. The lowest BCUT2D eigenvalue weighted by Crippen LogP contribution is -2.40. The molecule has 0 amide bonds. The average Bonchev–Trinajstić information content (AvgIpc) is 2.80. The van der Waals surface area contributed by atoms with E-state index in [0.717, 1.165) is 29.1 Å². The Balaban J connectivity index is 1.91. The van der Waals surface area contributed by atoms with E-state index in [0.29, 0.717) is 5.75 Å². The first-order valence-electron chi connectivity index (χ1n) is 10.0. The van der Waals surface area contributed by atoms with E-state index in [1.54, 1.807) is 31.4 Å². The molecular formula is C23H26FN3O4S. The molecule has 0 bridgehead atoms. The molecule has 2 aromatic carbocycles. The van der Waals surface area contributed by atoms with Gasteiger partial charge < -0.3 is 9.84 Å². The van der Waals surface area contributed by atoms with E-state index in [4.69, 9.17) is 4.74 Å². The highest BCUT2D eigenvalue weighted by Gasteiger charge is 2.36. The first kappa shape index (κ1) is 23.8. The van der Waals surface area contributed by atoms with E-state index in [-0.39, 0.29) is 18.9 Å². The van der Waals surface area contributed by atoms with Crippen LogP contribution in [0, 0.1) is 12.7 Å². The van der Waals surface area contributed by atoms with Crippen LogP contribution in [-0.4, -0.2) is 40.2 Å². The molecule has 0 unspecified atom stereocenters. The van der Waals surface area contributed by atoms with Crippen molar-refractivity contribution in [2.75, 3.05) is 7.11 Å². The van der Waals surface area contributed by atoms with E-state index < -0.39 is 27.2 Å². The second-order valence-electron chi connectivity index (χ2n) is 7.56. The van der Waals surface area contributed by atoms with Gasteiger partial charge in [0.25, 0.3) is 0 Å². The summed E-state index contributed by atoms with van der Waals surface area (Å²) in [5, 5.41) is 9.38. The predicted molar refractivity (Wildman–Crippen MR) is 119 cm³/mol. The molecule has 0 aliphatic heterocycles. The first-order valence-corrected chi connectivity index (χ1v) is 11.5. The number of hydrogen-bond donors (Lipinski definition) is 1. The Morgan fingerprint density at radius 3 is 2.00 bits per heavy atom. The van der Waals surface area contributed by atoms with Crippen LogP contribution in [0.2, 0.25) is 0 Å². The average molecular weight is 460 g/mol. The molecule has 9 heteroatoms. The molecule has 2 atom stereocenters. The number of aromatic nitrogens is 2. The normalized spacial score (nSPS) is 13.7. The molecule has 170 valence electrons. The van der Waals surface area contributed by atoms with Crippen molar-refractivity contribution in [1.82, 2.24) is 14.3 Å². The second-order valence-corrected chi connectivity index (χ2v) is 9.85. The van der Waals surface area contributed by atoms with Gasteiger partial charge in [-0.2, -0.15) is 4.31 Å². The lowest BCUT2D eigenvalue weighted by Gasteiger charge is -2.28. The molecule has 3 rings (SSSR count). The van der Waals surface area contributed by atoms with Crippen molar-refractivity contribution in [1.29, 1.82) is 0 Å². The lowest BCUT2D eigenvalue weighted by molar-refractivity contribution is 0.162. The Morgan fingerprint density at radius 1 is 1.00 bits per heavy atom. The number of aliphatic hydroxyl groups is 1. The van der Waals surface area contributed by atoms with Gasteiger partial charge in [-0.3, -0.25) is 0 Å². The number of rotatable bonds is 9. The van der Waals surface area contributed by atoms with Crippen molar-refractivity contribution < 1.29 is 22.7 Å². The van der Waals surface area contributed by atoms with Crippen molar-refractivity contribution in [2.45, 2.75) is 38.3 Å². The van der Waals surface area contributed by atoms with Crippen molar-refractivity contribution in [3.8, 4) is 5.75 Å². The number of sulfonamides is 1. The molecule has 1 N–H and O–H groups in total. The summed E-state index contributed by atoms with van der Waals surface area (Å²) in [6.45, 7) is 3.57. The number of nitrogens with zero attached hydrogens (tertiary/aromatic N) is 3. The lowest BCUT2D eigenvalue weighted by atomic mass is 10.1. The van der Waals surface area contributed by atoms with Gasteiger partial charge in [-0.1, -0.05) is 42.0 Å². The zero-order chi connectivity index (χ0) is 23.3. The molecule has 0 aliphatic carbocycles. The maximum Gasteiger partial charge on any atom is 0.220 e. The van der Waals surface area contributed by atoms with Gasteiger partial charge in [-0.25, -0.2) is 22.8 Å². The Hall–Kier alpha value is -2.88. The summed E-state index contributed by atoms with van der Waals surface area (Å²) in [6, 6.07) is 14.7. The number of hydrogen-bond acceptors (Lipinski definition) is 6. The van der Waals surface area contributed by atoms with Gasteiger partial charge in [0.05, 0.1) is 19.5 Å². The monoisotopic (exact) mass is 459 g/mol. The molecule has 3 aromatic rings. The van der Waals surface area contributed by atoms with E-state index in [2.05, 4.69) is 9.97 Å². The van der Waals surface area contributed by atoms with Crippen LogP contribution >= 0.6 is 0 Å². The van der Waals surface area contributed by atoms with Crippen molar-refractivity contribution in [3.63, 3.8) is 0 Å². The standard InChI is InChI=1S/C23H26FN3O4S/c1-16-4-6-18(7-5-16)14-27(15-19-8-10-21(31-3)11-9-19)32(29,30)17(2)22(28)23-25-12-20(24)13-26-23/h4-13,17,22,28H,14-15H2,1-3H3/t17-,22-/m1/s1. The van der Waals surface area contributed by atoms with Gasteiger partial charge in [0, 0.05) is 13.1 Å². The Bertz CT molecular complexity index is 1120. The summed E-state index contributed by atoms with van der Waals surface area (Å²) in [6.07, 6.45) is 0.274. The van der Waals surface area contributed by atoms with Gasteiger partial charge in [0.15, 0.2) is 11.6 Å². The number of benzene rings is 2. The fourth-order valence-corrected chi connectivity index (χ4v) is 4.73. The highest BCUT2D eigenvalue weighted by molar-refractivity contribution is 7.89. The SMILES string of the molecule is COc1ccc(CN(Cc2ccc(C)cc2)S(=O)(=O)[C@H](C)[C@@H](O)c2ncc(F)cn2)cc1. The molecule has 0 fully saturated rings. The smallest absolute Gasteiger partial charge is 0.220 e. The highest BCUT2D eigenvalue weighted by atomic mass is 32.2. The van der Waals surface area contributed by atoms with Crippen LogP contribution < -0.4 is 4.74 Å². The summed E-state index contributed by atoms with van der Waals surface area (Å²) in [5.41, 5.74) is 2.64. The van der Waals surface area contributed by atoms with Gasteiger partial charge in [0.2, 0.25) is 10.0 Å². The molecule has 1 aromatic heterocycles. The highest BCUT2D eigenvalue weighted by Crippen LogP contribution is 2.26. The number of aryl methyl sites for hydroxylation is 1. The Labute approximate surface area is 187 Å². The number of aliphatic hydroxyl groups excluding tert-OH is 1. The molecular weight excluding hydrogens is 433 g/mol. The maximum atomic E-state index is 13.5. The van der Waals surface area contributed by atoms with Gasteiger partial charge in [0.1, 0.15) is 17.1 Å². The third kappa shape index (κ3) is 5.67. The van der Waals surface area contributed by atoms with Crippen LogP contribution in [0.15, 0.2) is 60.9 Å². The minimum absolute atomic E-state index is 0.0987. The largest absolute Gasteiger partial charge is 0.497 e. The maximum absolute atomic E-state index is 13.5. The van der Waals surface area contributed by atoms with Gasteiger partial charge >= 0.3 is 0 Å². The fourth-order valence-electron chi connectivity index (χ4n) is 3.15. The van der Waals surface area contributed by atoms with Crippen LogP contribution in [0.3, 0.4) is 0 Å². The van der Waals surface area contributed by atoms with Crippen molar-refractivity contribution in [3.05, 3.63) is 89.3 Å². The molecule has 0 saturated carbocycles. The minimum atomic E-state index is -4.00. The first-order chi connectivity index (χ1) is 15.2. The summed E-state index contributed by atoms with van der Waals surface area (Å²) < 4.78 is 46.7. The molecule has 0 saturated heterocycles. The van der Waals surface area contributed by atoms with Crippen molar-refractivity contribution >= 4 is 10.0 Å². The Morgan fingerprint density at radius 2 is 1.50 bits per heavy atom. The van der Waals surface area contributed by atoms with Crippen LogP contribution in [0.5, 0.6) is 5.75 Å². The molecule has 7 nitrogen and oxygen atoms in total. The van der Waals surface area contributed by atoms with E-state index in [1.807, 2.05) is 31.2 Å². The predicted octanol–water partition coefficient (Wildman–Crippen LogP) is 3.39. The topological polar surface area (TPSA) is 92.6 Å². The second kappa shape index (κ2) is 10.2. The fraction of sp³-hybridized carbons (Fsp3) is 0.304. The zero-order valence-electron chi connectivity index (χ0n) is 18.1. The van der Waals surface area contributed by atoms with E-state index >= 15 is 0 Å².